The zero-order valence-corrected chi connectivity index (χ0v) is 32.7. The van der Waals surface area contributed by atoms with E-state index in [1.165, 1.54) is 96.3 Å². The van der Waals surface area contributed by atoms with Crippen LogP contribution in [0.1, 0.15) is 183 Å². The third-order valence-electron chi connectivity index (χ3n) is 20.8. The Bertz CT molecular complexity index is 1550. The summed E-state index contributed by atoms with van der Waals surface area (Å²) >= 11 is 0. The van der Waals surface area contributed by atoms with Crippen molar-refractivity contribution in [2.24, 2.45) is 71.0 Å². The third-order valence-corrected chi connectivity index (χ3v) is 20.8. The first-order chi connectivity index (χ1) is 25.3. The third kappa shape index (κ3) is 4.30. The smallest absolute Gasteiger partial charge is 0.127 e. The highest BCUT2D eigenvalue weighted by Gasteiger charge is 2.63. The maximum Gasteiger partial charge on any atom is 0.127 e. The summed E-state index contributed by atoms with van der Waals surface area (Å²) in [6, 6.07) is 3.12. The van der Waals surface area contributed by atoms with Crippen molar-refractivity contribution in [3.05, 3.63) is 28.3 Å². The molecule has 2 heteroatoms. The second kappa shape index (κ2) is 10.3. The minimum Gasteiger partial charge on any atom is -0.487 e. The Kier molecular flexibility index (Phi) is 6.15. The van der Waals surface area contributed by atoms with Crippen LogP contribution in [-0.4, -0.2) is 18.8 Å². The van der Waals surface area contributed by atoms with E-state index in [-0.39, 0.29) is 6.10 Å². The normalized spacial score (nSPS) is 56.9. The molecule has 0 amide bonds. The topological polar surface area (TPSA) is 21.8 Å². The molecule has 16 saturated carbocycles. The number of hydrogen-bond donors (Lipinski definition) is 0. The average molecular weight is 701 g/mol. The summed E-state index contributed by atoms with van der Waals surface area (Å²) < 4.78 is 14.0. The first-order valence-corrected chi connectivity index (χ1v) is 23.8. The number of benzene rings is 1. The lowest BCUT2D eigenvalue weighted by Gasteiger charge is -2.64. The maximum atomic E-state index is 7.93. The number of hydrogen-bond acceptors (Lipinski definition) is 2. The SMILES string of the molecule is CC(Oc1c(C23CC4CC(CC(C4)C2)C3)cc(C23CC4CC(CC(C4)C2)C3)c(C23CC4CC(CC(C4)C2)C3)c1C12CC3CC(CC(C3)C1)C2)C1CO1. The molecule has 16 bridgehead atoms. The van der Waals surface area contributed by atoms with E-state index in [4.69, 9.17) is 9.47 Å². The predicted octanol–water partition coefficient (Wildman–Crippen LogP) is 11.7. The standard InChI is InChI=1S/C50H68O2/c1-28(43-27-51-43)52-46-42(48-18-32-5-33(19-48)7-34(6-32)20-48)14-41(47-15-29-2-30(16-47)4-31(3-29)17-47)44(49-21-35-8-36(22-49)10-37(9-35)23-49)45(46)50-24-38-11-39(25-50)13-40(12-38)26-50/h14,28-40,43H,2-13,15-27H2,1H3. The van der Waals surface area contributed by atoms with E-state index in [1.807, 2.05) is 16.7 Å². The van der Waals surface area contributed by atoms with Crippen LogP contribution in [0.25, 0.3) is 0 Å². The van der Waals surface area contributed by atoms with Crippen LogP contribution in [0.15, 0.2) is 6.07 Å². The highest BCUT2D eigenvalue weighted by molar-refractivity contribution is 5.63. The van der Waals surface area contributed by atoms with Gasteiger partial charge in [0.2, 0.25) is 0 Å². The van der Waals surface area contributed by atoms with Crippen molar-refractivity contribution in [3.63, 3.8) is 0 Å². The van der Waals surface area contributed by atoms with Gasteiger partial charge in [-0.25, -0.2) is 0 Å². The monoisotopic (exact) mass is 701 g/mol. The van der Waals surface area contributed by atoms with Gasteiger partial charge in [-0.05, 0) is 259 Å². The highest BCUT2D eigenvalue weighted by atomic mass is 16.6. The fraction of sp³-hybridized carbons (Fsp3) is 0.880. The fourth-order valence-corrected chi connectivity index (χ4v) is 21.0. The van der Waals surface area contributed by atoms with Crippen LogP contribution in [0.5, 0.6) is 5.75 Å². The lowest BCUT2D eigenvalue weighted by molar-refractivity contribution is -0.0271. The van der Waals surface area contributed by atoms with Gasteiger partial charge < -0.3 is 9.47 Å². The minimum absolute atomic E-state index is 0.176. The largest absolute Gasteiger partial charge is 0.487 e. The molecule has 1 heterocycles. The quantitative estimate of drug-likeness (QED) is 0.264. The van der Waals surface area contributed by atoms with Gasteiger partial charge in [0.05, 0.1) is 6.61 Å². The Labute approximate surface area is 315 Å². The molecule has 2 unspecified atom stereocenters. The van der Waals surface area contributed by atoms with Crippen molar-refractivity contribution < 1.29 is 9.47 Å². The number of ether oxygens (including phenoxy) is 2. The molecule has 2 atom stereocenters. The van der Waals surface area contributed by atoms with E-state index in [1.54, 1.807) is 63.5 Å². The Morgan fingerprint density at radius 2 is 0.731 bits per heavy atom. The fourth-order valence-electron chi connectivity index (χ4n) is 21.0. The van der Waals surface area contributed by atoms with E-state index in [2.05, 4.69) is 18.6 Å². The van der Waals surface area contributed by atoms with E-state index < -0.39 is 0 Å². The Morgan fingerprint density at radius 3 is 1.06 bits per heavy atom. The van der Waals surface area contributed by atoms with Crippen LogP contribution < -0.4 is 4.74 Å². The molecule has 1 aromatic carbocycles. The molecule has 52 heavy (non-hydrogen) atoms. The van der Waals surface area contributed by atoms with Gasteiger partial charge in [-0.1, -0.05) is 6.07 Å². The Morgan fingerprint density at radius 1 is 0.442 bits per heavy atom. The summed E-state index contributed by atoms with van der Waals surface area (Å²) in [5.74, 6) is 13.4. The van der Waals surface area contributed by atoms with Gasteiger partial charge in [-0.15, -0.1) is 0 Å². The molecule has 1 aromatic rings. The van der Waals surface area contributed by atoms with Gasteiger partial charge in [0.15, 0.2) is 0 Å². The molecule has 0 radical (unpaired) electrons. The summed E-state index contributed by atoms with van der Waals surface area (Å²) in [7, 11) is 0. The van der Waals surface area contributed by atoms with Crippen LogP contribution in [0.3, 0.4) is 0 Å². The van der Waals surface area contributed by atoms with E-state index in [0.717, 1.165) is 77.6 Å². The van der Waals surface area contributed by atoms with E-state index in [9.17, 15) is 0 Å². The van der Waals surface area contributed by atoms with Crippen LogP contribution in [0.2, 0.25) is 0 Å². The predicted molar refractivity (Wildman–Crippen MR) is 206 cm³/mol. The number of rotatable bonds is 7. The van der Waals surface area contributed by atoms with Crippen LogP contribution in [0.4, 0.5) is 0 Å². The van der Waals surface area contributed by atoms with Crippen molar-refractivity contribution in [2.75, 3.05) is 6.61 Å². The molecule has 280 valence electrons. The molecule has 18 rings (SSSR count). The maximum absolute atomic E-state index is 7.93. The van der Waals surface area contributed by atoms with Crippen molar-refractivity contribution >= 4 is 0 Å². The van der Waals surface area contributed by atoms with Gasteiger partial charge >= 0.3 is 0 Å². The lowest BCUT2D eigenvalue weighted by Crippen LogP contribution is -2.55. The molecule has 0 spiro atoms. The first-order valence-electron chi connectivity index (χ1n) is 23.8. The second-order valence-corrected chi connectivity index (χ2v) is 24.5. The molecule has 17 fully saturated rings. The van der Waals surface area contributed by atoms with Gasteiger partial charge in [0.25, 0.3) is 0 Å². The summed E-state index contributed by atoms with van der Waals surface area (Å²) in [5.41, 5.74) is 9.47. The Hall–Kier alpha value is -1.02. The lowest BCUT2D eigenvalue weighted by atomic mass is 9.40. The zero-order chi connectivity index (χ0) is 33.8. The molecule has 1 saturated heterocycles. The van der Waals surface area contributed by atoms with Crippen molar-refractivity contribution in [2.45, 2.75) is 195 Å². The molecule has 0 N–H and O–H groups in total. The molecule has 17 aliphatic rings. The van der Waals surface area contributed by atoms with Crippen molar-refractivity contribution in [1.82, 2.24) is 0 Å². The second-order valence-electron chi connectivity index (χ2n) is 24.5. The van der Waals surface area contributed by atoms with E-state index in [0.29, 0.717) is 27.8 Å². The Balaban J connectivity index is 1.08. The molecular weight excluding hydrogens is 633 g/mol. The van der Waals surface area contributed by atoms with Gasteiger partial charge in [-0.3, -0.25) is 0 Å². The molecule has 2 nitrogen and oxygen atoms in total. The molecule has 1 aliphatic heterocycles. The summed E-state index contributed by atoms with van der Waals surface area (Å²) in [5, 5.41) is 0. The average Bonchev–Trinajstić information content (AvgIpc) is 3.92. The summed E-state index contributed by atoms with van der Waals surface area (Å²) in [6.07, 6.45) is 37.2. The first kappa shape index (κ1) is 31.1. The minimum atomic E-state index is 0.176. The van der Waals surface area contributed by atoms with Gasteiger partial charge in [0, 0.05) is 16.5 Å². The van der Waals surface area contributed by atoms with Crippen LogP contribution in [-0.2, 0) is 26.4 Å². The van der Waals surface area contributed by atoms with Gasteiger partial charge in [-0.2, -0.15) is 0 Å². The summed E-state index contributed by atoms with van der Waals surface area (Å²) in [4.78, 5) is 0. The van der Waals surface area contributed by atoms with Crippen LogP contribution >= 0.6 is 0 Å². The van der Waals surface area contributed by atoms with Crippen LogP contribution in [0, 0.1) is 71.0 Å². The molecule has 0 aromatic heterocycles. The van der Waals surface area contributed by atoms with E-state index >= 15 is 0 Å². The molecule has 16 aliphatic carbocycles. The zero-order valence-electron chi connectivity index (χ0n) is 32.7. The number of epoxide rings is 1. The highest BCUT2D eigenvalue weighted by Crippen LogP contribution is 2.72. The van der Waals surface area contributed by atoms with Crippen molar-refractivity contribution in [1.29, 1.82) is 0 Å². The summed E-state index contributed by atoms with van der Waals surface area (Å²) in [6.45, 7) is 3.33. The van der Waals surface area contributed by atoms with Crippen molar-refractivity contribution in [3.8, 4) is 5.75 Å². The van der Waals surface area contributed by atoms with Gasteiger partial charge in [0.1, 0.15) is 18.0 Å². The molecular formula is C50H68O2.